The van der Waals surface area contributed by atoms with Crippen LogP contribution in [-0.4, -0.2) is 33.2 Å². The van der Waals surface area contributed by atoms with Crippen molar-refractivity contribution in [3.05, 3.63) is 60.2 Å². The van der Waals surface area contributed by atoms with Crippen molar-refractivity contribution in [1.29, 1.82) is 0 Å². The number of hydrogen-bond donors (Lipinski definition) is 1. The molecule has 0 saturated carbocycles. The van der Waals surface area contributed by atoms with E-state index in [2.05, 4.69) is 20.7 Å². The maximum absolute atomic E-state index is 12.2. The Labute approximate surface area is 145 Å². The maximum atomic E-state index is 12.2. The van der Waals surface area contributed by atoms with Crippen molar-refractivity contribution in [3.8, 4) is 17.1 Å². The molecule has 1 atom stereocenters. The lowest BCUT2D eigenvalue weighted by atomic mass is 10.1. The SMILES string of the molecule is COc1ccc(-c2nnn(CC(=O)NC(C)c3ccccc3)n2)cc1. The number of methoxy groups -OCH3 is 1. The number of benzene rings is 2. The molecule has 7 heteroatoms. The van der Waals surface area contributed by atoms with E-state index in [0.29, 0.717) is 5.82 Å². The van der Waals surface area contributed by atoms with Gasteiger partial charge in [0.2, 0.25) is 11.7 Å². The molecule has 2 aromatic carbocycles. The third kappa shape index (κ3) is 4.20. The molecule has 0 spiro atoms. The zero-order chi connectivity index (χ0) is 17.6. The van der Waals surface area contributed by atoms with Crippen molar-refractivity contribution in [2.45, 2.75) is 19.5 Å². The molecule has 3 rings (SSSR count). The minimum Gasteiger partial charge on any atom is -0.497 e. The minimum atomic E-state index is -0.171. The zero-order valence-corrected chi connectivity index (χ0v) is 14.1. The van der Waals surface area contributed by atoms with E-state index in [9.17, 15) is 4.79 Å². The zero-order valence-electron chi connectivity index (χ0n) is 14.1. The number of nitrogens with zero attached hydrogens (tertiary/aromatic N) is 4. The molecule has 1 heterocycles. The van der Waals surface area contributed by atoms with Crippen LogP contribution in [0, 0.1) is 0 Å². The lowest BCUT2D eigenvalue weighted by Crippen LogP contribution is -2.30. The summed E-state index contributed by atoms with van der Waals surface area (Å²) in [4.78, 5) is 13.5. The average molecular weight is 337 g/mol. The standard InChI is InChI=1S/C18H19N5O2/c1-13(14-6-4-3-5-7-14)19-17(24)12-23-21-18(20-22-23)15-8-10-16(25-2)11-9-15/h3-11,13H,12H2,1-2H3,(H,19,24). The van der Waals surface area contributed by atoms with Crippen LogP contribution in [0.15, 0.2) is 54.6 Å². The number of carbonyl (C=O) groups is 1. The van der Waals surface area contributed by atoms with Gasteiger partial charge < -0.3 is 10.1 Å². The molecule has 128 valence electrons. The molecule has 0 saturated heterocycles. The van der Waals surface area contributed by atoms with E-state index in [-0.39, 0.29) is 18.5 Å². The normalized spacial score (nSPS) is 11.8. The van der Waals surface area contributed by atoms with Gasteiger partial charge in [-0.25, -0.2) is 0 Å². The molecular weight excluding hydrogens is 318 g/mol. The van der Waals surface area contributed by atoms with Crippen LogP contribution in [0.4, 0.5) is 0 Å². The van der Waals surface area contributed by atoms with Gasteiger partial charge in [0.25, 0.3) is 0 Å². The van der Waals surface area contributed by atoms with Gasteiger partial charge in [0.05, 0.1) is 13.2 Å². The Balaban J connectivity index is 1.61. The fraction of sp³-hybridized carbons (Fsp3) is 0.222. The molecule has 0 aliphatic carbocycles. The van der Waals surface area contributed by atoms with Crippen molar-refractivity contribution in [2.75, 3.05) is 7.11 Å². The summed E-state index contributed by atoms with van der Waals surface area (Å²) in [6.07, 6.45) is 0. The van der Waals surface area contributed by atoms with Crippen LogP contribution in [0.2, 0.25) is 0 Å². The molecule has 0 radical (unpaired) electrons. The van der Waals surface area contributed by atoms with Crippen LogP contribution < -0.4 is 10.1 Å². The second kappa shape index (κ2) is 7.57. The summed E-state index contributed by atoms with van der Waals surface area (Å²) in [5.74, 6) is 1.05. The highest BCUT2D eigenvalue weighted by Crippen LogP contribution is 2.18. The molecule has 1 amide bonds. The number of amides is 1. The summed E-state index contributed by atoms with van der Waals surface area (Å²) in [5.41, 5.74) is 1.85. The number of aromatic nitrogens is 4. The van der Waals surface area contributed by atoms with Crippen molar-refractivity contribution < 1.29 is 9.53 Å². The van der Waals surface area contributed by atoms with Crippen molar-refractivity contribution in [1.82, 2.24) is 25.5 Å². The second-order valence-electron chi connectivity index (χ2n) is 5.57. The Morgan fingerprint density at radius 2 is 1.88 bits per heavy atom. The number of rotatable bonds is 6. The number of carbonyl (C=O) groups excluding carboxylic acids is 1. The van der Waals surface area contributed by atoms with Gasteiger partial charge in [0.15, 0.2) is 0 Å². The van der Waals surface area contributed by atoms with Crippen LogP contribution in [-0.2, 0) is 11.3 Å². The Hall–Kier alpha value is -3.22. The quantitative estimate of drug-likeness (QED) is 0.746. The first kappa shape index (κ1) is 16.6. The highest BCUT2D eigenvalue weighted by molar-refractivity contribution is 5.76. The first-order chi connectivity index (χ1) is 12.2. The summed E-state index contributed by atoms with van der Waals surface area (Å²) in [6.45, 7) is 1.95. The van der Waals surface area contributed by atoms with E-state index < -0.39 is 0 Å². The summed E-state index contributed by atoms with van der Waals surface area (Å²) in [7, 11) is 1.61. The summed E-state index contributed by atoms with van der Waals surface area (Å²) in [5, 5.41) is 15.1. The third-order valence-electron chi connectivity index (χ3n) is 3.76. The van der Waals surface area contributed by atoms with Gasteiger partial charge >= 0.3 is 0 Å². The van der Waals surface area contributed by atoms with Gasteiger partial charge in [0, 0.05) is 5.56 Å². The van der Waals surface area contributed by atoms with Gasteiger partial charge in [-0.05, 0) is 42.0 Å². The Kier molecular flexibility index (Phi) is 5.03. The van der Waals surface area contributed by atoms with Gasteiger partial charge in [-0.1, -0.05) is 30.3 Å². The Morgan fingerprint density at radius 3 is 2.56 bits per heavy atom. The third-order valence-corrected chi connectivity index (χ3v) is 3.76. The number of nitrogens with one attached hydrogen (secondary N) is 1. The van der Waals surface area contributed by atoms with Crippen molar-refractivity contribution >= 4 is 5.91 Å². The minimum absolute atomic E-state index is 0.0142. The second-order valence-corrected chi connectivity index (χ2v) is 5.57. The predicted molar refractivity (Wildman–Crippen MR) is 92.8 cm³/mol. The molecule has 1 unspecified atom stereocenters. The number of hydrogen-bond acceptors (Lipinski definition) is 5. The highest BCUT2D eigenvalue weighted by atomic mass is 16.5. The molecule has 0 fully saturated rings. The lowest BCUT2D eigenvalue weighted by molar-refractivity contribution is -0.122. The molecule has 25 heavy (non-hydrogen) atoms. The maximum Gasteiger partial charge on any atom is 0.244 e. The van der Waals surface area contributed by atoms with Gasteiger partial charge in [-0.3, -0.25) is 4.79 Å². The largest absolute Gasteiger partial charge is 0.497 e. The van der Waals surface area contributed by atoms with Gasteiger partial charge in [-0.15, -0.1) is 10.2 Å². The predicted octanol–water partition coefficient (Wildman–Crippen LogP) is 2.23. The van der Waals surface area contributed by atoms with E-state index in [0.717, 1.165) is 16.9 Å². The van der Waals surface area contributed by atoms with E-state index in [4.69, 9.17) is 4.74 Å². The highest BCUT2D eigenvalue weighted by Gasteiger charge is 2.12. The van der Waals surface area contributed by atoms with Crippen LogP contribution in [0.3, 0.4) is 0 Å². The summed E-state index contributed by atoms with van der Waals surface area (Å²) >= 11 is 0. The fourth-order valence-electron chi connectivity index (χ4n) is 2.41. The molecule has 0 aliphatic rings. The first-order valence-electron chi connectivity index (χ1n) is 7.92. The van der Waals surface area contributed by atoms with E-state index >= 15 is 0 Å². The summed E-state index contributed by atoms with van der Waals surface area (Å²) < 4.78 is 5.12. The van der Waals surface area contributed by atoms with Crippen molar-refractivity contribution in [2.24, 2.45) is 0 Å². The topological polar surface area (TPSA) is 81.9 Å². The molecular formula is C18H19N5O2. The van der Waals surface area contributed by atoms with E-state index in [1.807, 2.05) is 61.5 Å². The van der Waals surface area contributed by atoms with Gasteiger partial charge in [-0.2, -0.15) is 4.80 Å². The fourth-order valence-corrected chi connectivity index (χ4v) is 2.41. The molecule has 0 aliphatic heterocycles. The van der Waals surface area contributed by atoms with Crippen molar-refractivity contribution in [3.63, 3.8) is 0 Å². The van der Waals surface area contributed by atoms with E-state index in [1.165, 1.54) is 4.80 Å². The molecule has 3 aromatic rings. The number of tetrazole rings is 1. The first-order valence-corrected chi connectivity index (χ1v) is 7.92. The monoisotopic (exact) mass is 337 g/mol. The van der Waals surface area contributed by atoms with E-state index in [1.54, 1.807) is 7.11 Å². The van der Waals surface area contributed by atoms with Crippen LogP contribution in [0.1, 0.15) is 18.5 Å². The summed E-state index contributed by atoms with van der Waals surface area (Å²) in [6, 6.07) is 17.0. The molecule has 0 bridgehead atoms. The lowest BCUT2D eigenvalue weighted by Gasteiger charge is -2.13. The smallest absolute Gasteiger partial charge is 0.244 e. The number of ether oxygens (including phenoxy) is 1. The Morgan fingerprint density at radius 1 is 1.16 bits per heavy atom. The molecule has 1 N–H and O–H groups in total. The molecule has 7 nitrogen and oxygen atoms in total. The van der Waals surface area contributed by atoms with Gasteiger partial charge in [0.1, 0.15) is 12.3 Å². The van der Waals surface area contributed by atoms with Crippen LogP contribution in [0.5, 0.6) is 5.75 Å². The van der Waals surface area contributed by atoms with Crippen LogP contribution in [0.25, 0.3) is 11.4 Å². The Bertz CT molecular complexity index is 830. The molecule has 1 aromatic heterocycles. The average Bonchev–Trinajstić information content (AvgIpc) is 3.10. The van der Waals surface area contributed by atoms with Crippen LogP contribution >= 0.6 is 0 Å².